The molecule has 16 heavy (non-hydrogen) atoms. The van der Waals surface area contributed by atoms with E-state index in [-0.39, 0.29) is 0 Å². The van der Waals surface area contributed by atoms with Crippen LogP contribution in [0.3, 0.4) is 0 Å². The summed E-state index contributed by atoms with van der Waals surface area (Å²) in [6.07, 6.45) is 1.50. The fourth-order valence-corrected chi connectivity index (χ4v) is 1.24. The minimum Gasteiger partial charge on any atom is -0.222 e. The van der Waals surface area contributed by atoms with E-state index in [0.29, 0.717) is 20.1 Å². The molecule has 0 aromatic heterocycles. The third kappa shape index (κ3) is 7.43. The van der Waals surface area contributed by atoms with Crippen LogP contribution >= 0.6 is 46.4 Å². The van der Waals surface area contributed by atoms with Crippen molar-refractivity contribution in [2.45, 2.75) is 0 Å². The second-order valence-electron chi connectivity index (χ2n) is 1.86. The lowest BCUT2D eigenvalue weighted by atomic mass is 10.4. The van der Waals surface area contributed by atoms with Gasteiger partial charge in [0.1, 0.15) is 0 Å². The van der Waals surface area contributed by atoms with Crippen LogP contribution in [0.2, 0.25) is 20.1 Å². The lowest BCUT2D eigenvalue weighted by Gasteiger charge is -1.98. The van der Waals surface area contributed by atoms with Crippen LogP contribution in [0.25, 0.3) is 0 Å². The molecule has 86 valence electrons. The molecule has 0 heterocycles. The maximum atomic E-state index is 8.35. The minimum atomic E-state index is 0.302. The van der Waals surface area contributed by atoms with Crippen LogP contribution in [0.5, 0.6) is 0 Å². The summed E-state index contributed by atoms with van der Waals surface area (Å²) in [4.78, 5) is 16.7. The molecular formula is C8H4Cl4N2O2. The Hall–Kier alpha value is -0.860. The number of rotatable bonds is 0. The molecule has 4 nitrogen and oxygen atoms in total. The first-order valence-corrected chi connectivity index (χ1v) is 4.84. The number of hydrogen-bond donors (Lipinski definition) is 2. The van der Waals surface area contributed by atoms with Crippen molar-refractivity contribution in [1.29, 1.82) is 10.8 Å². The number of halogens is 4. The molecule has 0 amide bonds. The van der Waals surface area contributed by atoms with Gasteiger partial charge in [-0.05, 0) is 12.1 Å². The van der Waals surface area contributed by atoms with E-state index in [0.717, 1.165) is 12.2 Å². The number of carbonyl (C=O) groups excluding carboxylic acids is 2. The smallest absolute Gasteiger partial charge is 0.222 e. The molecule has 0 atom stereocenters. The van der Waals surface area contributed by atoms with E-state index in [4.69, 9.17) is 66.8 Å². The van der Waals surface area contributed by atoms with Crippen LogP contribution in [-0.4, -0.2) is 12.2 Å². The van der Waals surface area contributed by atoms with Crippen molar-refractivity contribution < 1.29 is 9.59 Å². The standard InChI is InChI=1S/C6H2Cl4.2CHNO/c7-3-1-2-4(8)6(10)5(3)9;2*2-1-3/h1-2H;2*2H. The predicted molar refractivity (Wildman–Crippen MR) is 63.3 cm³/mol. The van der Waals surface area contributed by atoms with Gasteiger partial charge in [-0.15, -0.1) is 0 Å². The van der Waals surface area contributed by atoms with Crippen molar-refractivity contribution in [3.05, 3.63) is 32.2 Å². The SMILES string of the molecule is Clc1ccc(Cl)c(Cl)c1Cl.N=C=O.N=C=O. The van der Waals surface area contributed by atoms with E-state index >= 15 is 0 Å². The molecule has 0 aliphatic rings. The van der Waals surface area contributed by atoms with Gasteiger partial charge < -0.3 is 0 Å². The summed E-state index contributed by atoms with van der Waals surface area (Å²) in [5, 5.41) is 12.2. The third-order valence-electron chi connectivity index (χ3n) is 0.988. The molecule has 0 bridgehead atoms. The zero-order valence-electron chi connectivity index (χ0n) is 7.48. The molecule has 0 saturated heterocycles. The van der Waals surface area contributed by atoms with Gasteiger partial charge in [-0.25, -0.2) is 20.4 Å². The summed E-state index contributed by atoms with van der Waals surface area (Å²) in [5.41, 5.74) is 0. The summed E-state index contributed by atoms with van der Waals surface area (Å²) in [5.74, 6) is 0. The summed E-state index contributed by atoms with van der Waals surface area (Å²) in [6, 6.07) is 3.19. The van der Waals surface area contributed by atoms with Crippen LogP contribution < -0.4 is 0 Å². The van der Waals surface area contributed by atoms with Crippen LogP contribution in [0.1, 0.15) is 0 Å². The van der Waals surface area contributed by atoms with Gasteiger partial charge >= 0.3 is 0 Å². The van der Waals surface area contributed by atoms with E-state index in [2.05, 4.69) is 0 Å². The Morgan fingerprint density at radius 3 is 1.19 bits per heavy atom. The molecule has 1 aromatic carbocycles. The van der Waals surface area contributed by atoms with Crippen LogP contribution in [0, 0.1) is 10.8 Å². The minimum absolute atomic E-state index is 0.302. The Bertz CT molecular complexity index is 372. The number of nitrogens with one attached hydrogen (secondary N) is 2. The van der Waals surface area contributed by atoms with Crippen molar-refractivity contribution >= 4 is 58.6 Å². The lowest BCUT2D eigenvalue weighted by molar-refractivity contribution is 0.562. The molecule has 0 aliphatic carbocycles. The molecule has 0 fully saturated rings. The monoisotopic (exact) mass is 300 g/mol. The second kappa shape index (κ2) is 10.7. The predicted octanol–water partition coefficient (Wildman–Crippen LogP) is 4.10. The number of isocyanates is 2. The van der Waals surface area contributed by atoms with Gasteiger partial charge in [0.15, 0.2) is 0 Å². The topological polar surface area (TPSA) is 81.8 Å². The Kier molecular flexibility index (Phi) is 11.7. The summed E-state index contributed by atoms with van der Waals surface area (Å²) < 4.78 is 0. The number of hydrogen-bond acceptors (Lipinski definition) is 4. The highest BCUT2D eigenvalue weighted by atomic mass is 35.5. The first-order valence-electron chi connectivity index (χ1n) is 3.32. The third-order valence-corrected chi connectivity index (χ3v) is 2.69. The van der Waals surface area contributed by atoms with E-state index in [1.807, 2.05) is 0 Å². The van der Waals surface area contributed by atoms with Crippen LogP contribution in [0.15, 0.2) is 12.1 Å². The van der Waals surface area contributed by atoms with Gasteiger partial charge in [-0.3, -0.25) is 0 Å². The maximum Gasteiger partial charge on any atom is 0.231 e. The Morgan fingerprint density at radius 1 is 0.812 bits per heavy atom. The zero-order valence-corrected chi connectivity index (χ0v) is 10.5. The average Bonchev–Trinajstić information content (AvgIpc) is 2.23. The van der Waals surface area contributed by atoms with E-state index in [9.17, 15) is 0 Å². The second-order valence-corrected chi connectivity index (χ2v) is 3.43. The molecule has 0 radical (unpaired) electrons. The average molecular weight is 302 g/mol. The van der Waals surface area contributed by atoms with Gasteiger partial charge in [0, 0.05) is 0 Å². The highest BCUT2D eigenvalue weighted by Crippen LogP contribution is 2.34. The van der Waals surface area contributed by atoms with E-state index < -0.39 is 0 Å². The first-order chi connectivity index (χ1) is 7.45. The summed E-state index contributed by atoms with van der Waals surface area (Å²) >= 11 is 22.5. The van der Waals surface area contributed by atoms with Gasteiger partial charge in [-0.1, -0.05) is 46.4 Å². The first kappa shape index (κ1) is 17.5. The Morgan fingerprint density at radius 2 is 1.00 bits per heavy atom. The fourth-order valence-electron chi connectivity index (χ4n) is 0.502. The van der Waals surface area contributed by atoms with Crippen molar-refractivity contribution in [1.82, 2.24) is 0 Å². The van der Waals surface area contributed by atoms with Gasteiger partial charge in [-0.2, -0.15) is 0 Å². The fraction of sp³-hybridized carbons (Fsp3) is 0. The molecular weight excluding hydrogens is 298 g/mol. The molecule has 1 rings (SSSR count). The zero-order chi connectivity index (χ0) is 13.1. The maximum absolute atomic E-state index is 8.35. The molecule has 1 aromatic rings. The van der Waals surface area contributed by atoms with Gasteiger partial charge in [0.05, 0.1) is 20.1 Å². The van der Waals surface area contributed by atoms with Crippen LogP contribution in [-0.2, 0) is 9.59 Å². The Labute approximate surface area is 111 Å². The quantitative estimate of drug-likeness (QED) is 0.327. The summed E-state index contributed by atoms with van der Waals surface area (Å²) in [6.45, 7) is 0. The molecule has 8 heteroatoms. The van der Waals surface area contributed by atoms with Crippen molar-refractivity contribution in [2.75, 3.05) is 0 Å². The molecule has 0 saturated carbocycles. The van der Waals surface area contributed by atoms with E-state index in [1.54, 1.807) is 12.1 Å². The normalized spacial score (nSPS) is 7.25. The van der Waals surface area contributed by atoms with Gasteiger partial charge in [0.2, 0.25) is 12.2 Å². The van der Waals surface area contributed by atoms with Crippen LogP contribution in [0.4, 0.5) is 0 Å². The molecule has 0 unspecified atom stereocenters. The van der Waals surface area contributed by atoms with Gasteiger partial charge in [0.25, 0.3) is 0 Å². The van der Waals surface area contributed by atoms with Crippen molar-refractivity contribution in [3.8, 4) is 0 Å². The molecule has 0 spiro atoms. The van der Waals surface area contributed by atoms with E-state index in [1.165, 1.54) is 0 Å². The van der Waals surface area contributed by atoms with Crippen molar-refractivity contribution in [2.24, 2.45) is 0 Å². The number of benzene rings is 1. The highest BCUT2D eigenvalue weighted by molar-refractivity contribution is 6.51. The van der Waals surface area contributed by atoms with Crippen molar-refractivity contribution in [3.63, 3.8) is 0 Å². The molecule has 0 aliphatic heterocycles. The summed E-state index contributed by atoms with van der Waals surface area (Å²) in [7, 11) is 0. The molecule has 2 N–H and O–H groups in total. The lowest BCUT2D eigenvalue weighted by Crippen LogP contribution is -1.71. The highest BCUT2D eigenvalue weighted by Gasteiger charge is 2.05. The largest absolute Gasteiger partial charge is 0.231 e. The Balaban J connectivity index is 0.